The largest absolute Gasteiger partial charge is 0.469 e. The second-order valence-corrected chi connectivity index (χ2v) is 4.25. The first-order valence-corrected chi connectivity index (χ1v) is 6.11. The van der Waals surface area contributed by atoms with Crippen molar-refractivity contribution in [3.05, 3.63) is 55.5 Å². The van der Waals surface area contributed by atoms with Gasteiger partial charge in [0.25, 0.3) is 0 Å². The van der Waals surface area contributed by atoms with Gasteiger partial charge in [-0.2, -0.15) is 0 Å². The number of hydrogen-bond acceptors (Lipinski definition) is 3. The highest BCUT2D eigenvalue weighted by molar-refractivity contribution is 8.00. The lowest BCUT2D eigenvalue weighted by atomic mass is 10.4. The quantitative estimate of drug-likeness (QED) is 0.596. The number of amides is 1. The molecule has 1 aromatic carbocycles. The lowest BCUT2D eigenvalue weighted by molar-refractivity contribution is -0.118. The minimum Gasteiger partial charge on any atom is -0.469 e. The molecule has 0 aliphatic carbocycles. The monoisotopic (exact) mass is 249 g/mol. The summed E-state index contributed by atoms with van der Waals surface area (Å²) in [6, 6.07) is 9.77. The maximum atomic E-state index is 11.5. The first-order chi connectivity index (χ1) is 8.22. The van der Waals surface area contributed by atoms with Crippen molar-refractivity contribution in [1.82, 2.24) is 5.32 Å². The lowest BCUT2D eigenvalue weighted by Crippen LogP contribution is -2.27. The van der Waals surface area contributed by atoms with E-state index < -0.39 is 0 Å². The molecule has 17 heavy (non-hydrogen) atoms. The van der Waals surface area contributed by atoms with E-state index in [9.17, 15) is 4.79 Å². The van der Waals surface area contributed by atoms with Crippen molar-refractivity contribution < 1.29 is 9.53 Å². The molecule has 1 N–H and O–H groups in total. The van der Waals surface area contributed by atoms with E-state index >= 15 is 0 Å². The maximum Gasteiger partial charge on any atom is 0.230 e. The zero-order chi connectivity index (χ0) is 12.5. The zero-order valence-electron chi connectivity index (χ0n) is 9.52. The third kappa shape index (κ3) is 5.82. The molecule has 0 fully saturated rings. The fourth-order valence-electron chi connectivity index (χ4n) is 1.07. The van der Waals surface area contributed by atoms with Crippen molar-refractivity contribution >= 4 is 17.7 Å². The van der Waals surface area contributed by atoms with Gasteiger partial charge in [0.15, 0.2) is 0 Å². The topological polar surface area (TPSA) is 38.3 Å². The van der Waals surface area contributed by atoms with Gasteiger partial charge >= 0.3 is 0 Å². The highest BCUT2D eigenvalue weighted by Crippen LogP contribution is 2.16. The molecule has 0 aliphatic rings. The minimum absolute atomic E-state index is 0.0485. The Hall–Kier alpha value is -1.68. The summed E-state index contributed by atoms with van der Waals surface area (Å²) >= 11 is 1.49. The number of ether oxygens (including phenoxy) is 1. The van der Waals surface area contributed by atoms with Crippen molar-refractivity contribution in [2.75, 3.05) is 12.3 Å². The average molecular weight is 249 g/mol. The van der Waals surface area contributed by atoms with Crippen LogP contribution >= 0.6 is 11.8 Å². The average Bonchev–Trinajstić information content (AvgIpc) is 2.35. The highest BCUT2D eigenvalue weighted by atomic mass is 32.2. The Morgan fingerprint density at radius 1 is 1.41 bits per heavy atom. The molecular formula is C13H15NO2S. The molecular weight excluding hydrogens is 234 g/mol. The summed E-state index contributed by atoms with van der Waals surface area (Å²) in [5, 5.41) is 2.71. The second-order valence-electron chi connectivity index (χ2n) is 3.20. The summed E-state index contributed by atoms with van der Waals surface area (Å²) in [5.74, 6) is 0.802. The van der Waals surface area contributed by atoms with E-state index in [1.165, 1.54) is 18.0 Å². The summed E-state index contributed by atoms with van der Waals surface area (Å²) in [5.41, 5.74) is 0. The van der Waals surface area contributed by atoms with Gasteiger partial charge in [-0.3, -0.25) is 4.79 Å². The molecule has 0 saturated heterocycles. The molecule has 90 valence electrons. The molecule has 4 heteroatoms. The normalized spacial score (nSPS) is 9.41. The van der Waals surface area contributed by atoms with E-state index in [-0.39, 0.29) is 5.91 Å². The third-order valence-corrected chi connectivity index (χ3v) is 2.86. The van der Waals surface area contributed by atoms with Crippen LogP contribution < -0.4 is 5.32 Å². The van der Waals surface area contributed by atoms with Crippen LogP contribution in [0.1, 0.15) is 0 Å². The Morgan fingerprint density at radius 2 is 2.12 bits per heavy atom. The fraction of sp³-hybridized carbons (Fsp3) is 0.154. The summed E-state index contributed by atoms with van der Waals surface area (Å²) in [4.78, 5) is 12.5. The standard InChI is InChI=1S/C13H15NO2S/c1-3-16-11(2)9-14-13(15)10-17-12-7-5-4-6-8-12/h3-8H,1-2,9-10H2,(H,14,15). The number of rotatable bonds is 7. The predicted octanol–water partition coefficient (Wildman–Crippen LogP) is 2.57. The van der Waals surface area contributed by atoms with E-state index in [0.29, 0.717) is 18.1 Å². The van der Waals surface area contributed by atoms with Gasteiger partial charge in [0.2, 0.25) is 5.91 Å². The van der Waals surface area contributed by atoms with E-state index in [2.05, 4.69) is 18.5 Å². The molecule has 0 aromatic heterocycles. The Labute approximate surface area is 106 Å². The Bertz CT molecular complexity index is 390. The predicted molar refractivity (Wildman–Crippen MR) is 70.6 cm³/mol. The Morgan fingerprint density at radius 3 is 2.76 bits per heavy atom. The molecule has 0 atom stereocenters. The van der Waals surface area contributed by atoms with Crippen molar-refractivity contribution in [2.24, 2.45) is 0 Å². The van der Waals surface area contributed by atoms with Crippen LogP contribution in [0, 0.1) is 0 Å². The van der Waals surface area contributed by atoms with Gasteiger partial charge in [-0.15, -0.1) is 11.8 Å². The molecule has 0 spiro atoms. The van der Waals surface area contributed by atoms with Crippen molar-refractivity contribution in [3.8, 4) is 0 Å². The molecule has 0 bridgehead atoms. The fourth-order valence-corrected chi connectivity index (χ4v) is 1.82. The molecule has 3 nitrogen and oxygen atoms in total. The molecule has 0 radical (unpaired) electrons. The third-order valence-electron chi connectivity index (χ3n) is 1.85. The number of benzene rings is 1. The van der Waals surface area contributed by atoms with Crippen LogP contribution in [0.4, 0.5) is 0 Å². The van der Waals surface area contributed by atoms with Crippen molar-refractivity contribution in [1.29, 1.82) is 0 Å². The first kappa shape index (κ1) is 13.4. The lowest BCUT2D eigenvalue weighted by Gasteiger charge is -2.06. The number of hydrogen-bond donors (Lipinski definition) is 1. The number of thioether (sulfide) groups is 1. The smallest absolute Gasteiger partial charge is 0.230 e. The van der Waals surface area contributed by atoms with Gasteiger partial charge in [-0.25, -0.2) is 0 Å². The van der Waals surface area contributed by atoms with E-state index in [1.807, 2.05) is 30.3 Å². The molecule has 0 saturated carbocycles. The Kier molecular flexibility index (Phi) is 5.96. The Balaban J connectivity index is 2.22. The van der Waals surface area contributed by atoms with Crippen LogP contribution in [-0.4, -0.2) is 18.2 Å². The molecule has 0 heterocycles. The van der Waals surface area contributed by atoms with Crippen molar-refractivity contribution in [2.45, 2.75) is 4.90 Å². The van der Waals surface area contributed by atoms with Gasteiger partial charge in [0.05, 0.1) is 18.6 Å². The van der Waals surface area contributed by atoms with Gasteiger partial charge in [0, 0.05) is 4.90 Å². The van der Waals surface area contributed by atoms with Gasteiger partial charge in [-0.05, 0) is 12.1 Å². The van der Waals surface area contributed by atoms with Crippen LogP contribution in [0.5, 0.6) is 0 Å². The van der Waals surface area contributed by atoms with Crippen LogP contribution in [-0.2, 0) is 9.53 Å². The molecule has 0 aliphatic heterocycles. The van der Waals surface area contributed by atoms with E-state index in [0.717, 1.165) is 4.90 Å². The van der Waals surface area contributed by atoms with Crippen LogP contribution in [0.25, 0.3) is 0 Å². The molecule has 0 unspecified atom stereocenters. The summed E-state index contributed by atoms with van der Waals surface area (Å²) in [6.07, 6.45) is 1.28. The zero-order valence-corrected chi connectivity index (χ0v) is 10.3. The second kappa shape index (κ2) is 7.57. The first-order valence-electron chi connectivity index (χ1n) is 5.12. The van der Waals surface area contributed by atoms with Crippen molar-refractivity contribution in [3.63, 3.8) is 0 Å². The van der Waals surface area contributed by atoms with Gasteiger partial charge < -0.3 is 10.1 Å². The maximum absolute atomic E-state index is 11.5. The summed E-state index contributed by atoms with van der Waals surface area (Å²) < 4.78 is 4.90. The van der Waals surface area contributed by atoms with Crippen LogP contribution in [0.2, 0.25) is 0 Å². The summed E-state index contributed by atoms with van der Waals surface area (Å²) in [7, 11) is 0. The highest BCUT2D eigenvalue weighted by Gasteiger charge is 2.03. The van der Waals surface area contributed by atoms with Crippen LogP contribution in [0.15, 0.2) is 60.4 Å². The van der Waals surface area contributed by atoms with Gasteiger partial charge in [0.1, 0.15) is 5.76 Å². The number of carbonyl (C=O) groups is 1. The number of carbonyl (C=O) groups excluding carboxylic acids is 1. The van der Waals surface area contributed by atoms with Crippen LogP contribution in [0.3, 0.4) is 0 Å². The molecule has 1 amide bonds. The number of nitrogens with one attached hydrogen (secondary N) is 1. The molecule has 1 aromatic rings. The molecule has 1 rings (SSSR count). The van der Waals surface area contributed by atoms with Gasteiger partial charge in [-0.1, -0.05) is 31.4 Å². The van der Waals surface area contributed by atoms with E-state index in [4.69, 9.17) is 4.74 Å². The summed E-state index contributed by atoms with van der Waals surface area (Å²) in [6.45, 7) is 7.33. The van der Waals surface area contributed by atoms with E-state index in [1.54, 1.807) is 0 Å². The minimum atomic E-state index is -0.0485. The SMILES string of the molecule is C=COC(=C)CNC(=O)CSc1ccccc1.